The van der Waals surface area contributed by atoms with Gasteiger partial charge in [0.05, 0.1) is 11.3 Å². The van der Waals surface area contributed by atoms with Crippen LogP contribution >= 0.6 is 0 Å². The second kappa shape index (κ2) is 6.31. The van der Waals surface area contributed by atoms with Crippen LogP contribution in [0.25, 0.3) is 22.6 Å². The highest BCUT2D eigenvalue weighted by Gasteiger charge is 2.30. The molecule has 0 bridgehead atoms. The van der Waals surface area contributed by atoms with Crippen LogP contribution in [-0.4, -0.2) is 16.1 Å². The first kappa shape index (κ1) is 16.6. The molecule has 0 saturated heterocycles. The number of halogens is 3. The number of benzene rings is 2. The molecule has 0 saturated carbocycles. The Morgan fingerprint density at radius 1 is 1.00 bits per heavy atom. The number of aromatic amines is 1. The molecule has 0 atom stereocenters. The fraction of sp³-hybridized carbons (Fsp3) is 0.0588. The summed E-state index contributed by atoms with van der Waals surface area (Å²) in [5, 5.41) is 0. The van der Waals surface area contributed by atoms with E-state index in [-0.39, 0.29) is 0 Å². The maximum Gasteiger partial charge on any atom is 0.416 e. The van der Waals surface area contributed by atoms with Crippen molar-refractivity contribution in [1.29, 1.82) is 0 Å². The van der Waals surface area contributed by atoms with Crippen molar-refractivity contribution in [2.75, 3.05) is 0 Å². The van der Waals surface area contributed by atoms with Crippen LogP contribution in [0.2, 0.25) is 0 Å². The van der Waals surface area contributed by atoms with Crippen LogP contribution in [0, 0.1) is 0 Å². The number of hydrogen-bond acceptors (Lipinski definition) is 3. The van der Waals surface area contributed by atoms with Gasteiger partial charge in [0, 0.05) is 17.3 Å². The summed E-state index contributed by atoms with van der Waals surface area (Å²) in [4.78, 5) is 18.0. The van der Waals surface area contributed by atoms with Gasteiger partial charge in [-0.3, -0.25) is 0 Å². The smallest absolute Gasteiger partial charge is 0.411 e. The molecule has 1 amide bonds. The van der Waals surface area contributed by atoms with Crippen molar-refractivity contribution in [2.45, 2.75) is 6.18 Å². The predicted octanol–water partition coefficient (Wildman–Crippen LogP) is 4.22. The molecule has 3 N–H and O–H groups in total. The van der Waals surface area contributed by atoms with Gasteiger partial charge in [0.1, 0.15) is 11.6 Å². The highest BCUT2D eigenvalue weighted by Crippen LogP contribution is 2.31. The van der Waals surface area contributed by atoms with Crippen molar-refractivity contribution in [3.63, 3.8) is 0 Å². The summed E-state index contributed by atoms with van der Waals surface area (Å²) >= 11 is 0. The first-order valence-corrected chi connectivity index (χ1v) is 7.14. The van der Waals surface area contributed by atoms with Crippen LogP contribution < -0.4 is 10.5 Å². The third kappa shape index (κ3) is 3.79. The van der Waals surface area contributed by atoms with E-state index in [1.165, 1.54) is 12.1 Å². The van der Waals surface area contributed by atoms with E-state index in [1.807, 2.05) is 0 Å². The lowest BCUT2D eigenvalue weighted by Gasteiger charge is -2.06. The molecule has 0 radical (unpaired) electrons. The van der Waals surface area contributed by atoms with E-state index >= 15 is 0 Å². The van der Waals surface area contributed by atoms with Gasteiger partial charge in [-0.05, 0) is 36.4 Å². The first-order chi connectivity index (χ1) is 11.8. The Labute approximate surface area is 140 Å². The van der Waals surface area contributed by atoms with Gasteiger partial charge in [0.15, 0.2) is 0 Å². The van der Waals surface area contributed by atoms with Gasteiger partial charge in [-0.1, -0.05) is 12.1 Å². The van der Waals surface area contributed by atoms with Crippen LogP contribution in [0.4, 0.5) is 18.0 Å². The number of alkyl halides is 3. The Kier molecular flexibility index (Phi) is 4.18. The van der Waals surface area contributed by atoms with Crippen LogP contribution in [0.5, 0.6) is 5.75 Å². The van der Waals surface area contributed by atoms with E-state index in [4.69, 9.17) is 10.5 Å². The molecule has 5 nitrogen and oxygen atoms in total. The monoisotopic (exact) mass is 347 g/mol. The number of nitrogens with two attached hydrogens (primary N) is 1. The number of nitrogens with zero attached hydrogens (tertiary/aromatic N) is 1. The number of carbonyl (C=O) groups excluding carboxylic acids is 1. The molecule has 128 valence electrons. The molecule has 0 aliphatic heterocycles. The van der Waals surface area contributed by atoms with E-state index < -0.39 is 17.8 Å². The molecule has 0 spiro atoms. The van der Waals surface area contributed by atoms with E-state index in [1.54, 1.807) is 30.5 Å². The van der Waals surface area contributed by atoms with Crippen molar-refractivity contribution >= 4 is 6.09 Å². The minimum atomic E-state index is -4.37. The van der Waals surface area contributed by atoms with Gasteiger partial charge in [-0.2, -0.15) is 13.2 Å². The predicted molar refractivity (Wildman–Crippen MR) is 84.7 cm³/mol. The number of ether oxygens (including phenoxy) is 1. The number of aromatic nitrogens is 2. The molecule has 25 heavy (non-hydrogen) atoms. The normalized spacial score (nSPS) is 11.3. The zero-order chi connectivity index (χ0) is 18.0. The van der Waals surface area contributed by atoms with Gasteiger partial charge in [-0.25, -0.2) is 9.78 Å². The van der Waals surface area contributed by atoms with E-state index in [0.717, 1.165) is 17.7 Å². The summed E-state index contributed by atoms with van der Waals surface area (Å²) in [5.74, 6) is 0.746. The molecule has 1 aromatic heterocycles. The zero-order valence-corrected chi connectivity index (χ0v) is 12.7. The Hall–Kier alpha value is -3.29. The highest BCUT2D eigenvalue weighted by atomic mass is 19.4. The summed E-state index contributed by atoms with van der Waals surface area (Å²) < 4.78 is 42.5. The Morgan fingerprint density at radius 3 is 2.16 bits per heavy atom. The number of hydrogen-bond donors (Lipinski definition) is 2. The number of rotatable bonds is 3. The summed E-state index contributed by atoms with van der Waals surface area (Å²) in [6.45, 7) is 0. The van der Waals surface area contributed by atoms with Crippen LogP contribution in [0.1, 0.15) is 5.56 Å². The Balaban J connectivity index is 1.81. The second-order valence-electron chi connectivity index (χ2n) is 5.15. The molecular weight excluding hydrogens is 335 g/mol. The molecule has 0 fully saturated rings. The zero-order valence-electron chi connectivity index (χ0n) is 12.7. The van der Waals surface area contributed by atoms with E-state index in [2.05, 4.69) is 9.97 Å². The molecule has 3 rings (SSSR count). The number of imidazole rings is 1. The van der Waals surface area contributed by atoms with Gasteiger partial charge >= 0.3 is 12.3 Å². The fourth-order valence-electron chi connectivity index (χ4n) is 2.24. The number of amides is 1. The van der Waals surface area contributed by atoms with Crippen LogP contribution in [0.15, 0.2) is 54.7 Å². The molecule has 3 aromatic rings. The molecule has 2 aromatic carbocycles. The molecular formula is C17H12F3N3O2. The lowest BCUT2D eigenvalue weighted by Crippen LogP contribution is -2.16. The molecule has 0 unspecified atom stereocenters. The van der Waals surface area contributed by atoms with Crippen molar-refractivity contribution in [3.8, 4) is 28.4 Å². The third-order valence-electron chi connectivity index (χ3n) is 3.43. The Morgan fingerprint density at radius 2 is 1.60 bits per heavy atom. The number of nitrogens with one attached hydrogen (secondary N) is 1. The highest BCUT2D eigenvalue weighted by molar-refractivity contribution is 5.69. The van der Waals surface area contributed by atoms with Crippen LogP contribution in [-0.2, 0) is 6.18 Å². The van der Waals surface area contributed by atoms with Gasteiger partial charge < -0.3 is 15.5 Å². The van der Waals surface area contributed by atoms with Gasteiger partial charge in [-0.15, -0.1) is 0 Å². The quantitative estimate of drug-likeness (QED) is 0.744. The average molecular weight is 347 g/mol. The van der Waals surface area contributed by atoms with E-state index in [9.17, 15) is 18.0 Å². The number of carbonyl (C=O) groups is 1. The molecule has 1 heterocycles. The van der Waals surface area contributed by atoms with Crippen molar-refractivity contribution in [1.82, 2.24) is 9.97 Å². The van der Waals surface area contributed by atoms with Gasteiger partial charge in [0.2, 0.25) is 0 Å². The first-order valence-electron chi connectivity index (χ1n) is 7.14. The minimum Gasteiger partial charge on any atom is -0.411 e. The van der Waals surface area contributed by atoms with Crippen molar-refractivity contribution in [3.05, 3.63) is 60.3 Å². The van der Waals surface area contributed by atoms with Crippen LogP contribution in [0.3, 0.4) is 0 Å². The SMILES string of the molecule is NC(=O)Oc1ccc(-c2c[nH]c(-c3ccc(C(F)(F)F)cc3)n2)cc1. The molecule has 8 heteroatoms. The van der Waals surface area contributed by atoms with Crippen molar-refractivity contribution < 1.29 is 22.7 Å². The van der Waals surface area contributed by atoms with E-state index in [0.29, 0.717) is 22.8 Å². The fourth-order valence-corrected chi connectivity index (χ4v) is 2.24. The summed E-state index contributed by atoms with van der Waals surface area (Å²) in [5.41, 5.74) is 6.09. The second-order valence-corrected chi connectivity index (χ2v) is 5.15. The standard InChI is InChI=1S/C17H12F3N3O2/c18-17(19,20)12-5-1-11(2-6-12)15-22-9-14(23-15)10-3-7-13(8-4-10)25-16(21)24/h1-9H,(H2,21,24)(H,22,23). The average Bonchev–Trinajstić information content (AvgIpc) is 3.04. The summed E-state index contributed by atoms with van der Waals surface area (Å²) in [6.07, 6.45) is -3.64. The number of primary amides is 1. The lowest BCUT2D eigenvalue weighted by atomic mass is 10.1. The summed E-state index contributed by atoms with van der Waals surface area (Å²) in [6, 6.07) is 11.2. The number of H-pyrrole nitrogens is 1. The maximum atomic E-state index is 12.6. The van der Waals surface area contributed by atoms with Crippen molar-refractivity contribution in [2.24, 2.45) is 5.73 Å². The topological polar surface area (TPSA) is 81.0 Å². The minimum absolute atomic E-state index is 0.301. The third-order valence-corrected chi connectivity index (χ3v) is 3.43. The lowest BCUT2D eigenvalue weighted by molar-refractivity contribution is -0.137. The maximum absolute atomic E-state index is 12.6. The molecule has 0 aliphatic carbocycles. The van der Waals surface area contributed by atoms with Gasteiger partial charge in [0.25, 0.3) is 0 Å². The largest absolute Gasteiger partial charge is 0.416 e. The molecule has 0 aliphatic rings. The Bertz CT molecular complexity index is 885. The summed E-state index contributed by atoms with van der Waals surface area (Å²) in [7, 11) is 0.